The second kappa shape index (κ2) is 7.14. The number of nitro groups is 1. The number of aromatic nitrogens is 1. The molecule has 1 unspecified atom stereocenters. The van der Waals surface area contributed by atoms with Crippen LogP contribution in [0.2, 0.25) is 0 Å². The third-order valence-corrected chi connectivity index (χ3v) is 2.88. The SMILES string of the molecule is O=C(NCC(O)c1ccc([N+](=O)[O-])cc1)Nc1ccncc1. The van der Waals surface area contributed by atoms with Gasteiger partial charge in [0.05, 0.1) is 11.0 Å². The predicted molar refractivity (Wildman–Crippen MR) is 79.3 cm³/mol. The minimum absolute atomic E-state index is 0.0191. The summed E-state index contributed by atoms with van der Waals surface area (Å²) in [5, 5.41) is 25.6. The maximum absolute atomic E-state index is 11.6. The van der Waals surface area contributed by atoms with Crippen molar-refractivity contribution in [3.05, 3.63) is 64.5 Å². The van der Waals surface area contributed by atoms with Crippen LogP contribution in [-0.4, -0.2) is 27.6 Å². The number of hydrogen-bond acceptors (Lipinski definition) is 5. The number of nitrogens with zero attached hydrogens (tertiary/aromatic N) is 2. The molecule has 0 saturated carbocycles. The number of carbonyl (C=O) groups is 1. The first-order valence-corrected chi connectivity index (χ1v) is 6.43. The van der Waals surface area contributed by atoms with Gasteiger partial charge < -0.3 is 15.7 Å². The van der Waals surface area contributed by atoms with Crippen molar-refractivity contribution in [1.29, 1.82) is 0 Å². The van der Waals surface area contributed by atoms with Crippen LogP contribution in [0.25, 0.3) is 0 Å². The number of nitrogens with one attached hydrogen (secondary N) is 2. The zero-order chi connectivity index (χ0) is 15.9. The summed E-state index contributed by atoms with van der Waals surface area (Å²) >= 11 is 0. The van der Waals surface area contributed by atoms with Gasteiger partial charge in [-0.2, -0.15) is 0 Å². The Morgan fingerprint density at radius 2 is 1.86 bits per heavy atom. The molecule has 8 heteroatoms. The minimum Gasteiger partial charge on any atom is -0.387 e. The molecule has 0 bridgehead atoms. The third-order valence-electron chi connectivity index (χ3n) is 2.88. The Hall–Kier alpha value is -3.00. The van der Waals surface area contributed by atoms with Crippen LogP contribution in [0.4, 0.5) is 16.2 Å². The molecule has 2 rings (SSSR count). The number of amides is 2. The molecule has 3 N–H and O–H groups in total. The normalized spacial score (nSPS) is 11.5. The van der Waals surface area contributed by atoms with Crippen molar-refractivity contribution < 1.29 is 14.8 Å². The average Bonchev–Trinajstić information content (AvgIpc) is 2.53. The van der Waals surface area contributed by atoms with E-state index < -0.39 is 17.1 Å². The van der Waals surface area contributed by atoms with Crippen molar-refractivity contribution in [2.45, 2.75) is 6.10 Å². The van der Waals surface area contributed by atoms with Crippen molar-refractivity contribution in [3.8, 4) is 0 Å². The fourth-order valence-corrected chi connectivity index (χ4v) is 1.74. The van der Waals surface area contributed by atoms with Crippen molar-refractivity contribution in [2.75, 3.05) is 11.9 Å². The molecule has 2 amide bonds. The fourth-order valence-electron chi connectivity index (χ4n) is 1.74. The van der Waals surface area contributed by atoms with Gasteiger partial charge in [-0.3, -0.25) is 15.1 Å². The fraction of sp³-hybridized carbons (Fsp3) is 0.143. The van der Waals surface area contributed by atoms with Crippen molar-refractivity contribution in [2.24, 2.45) is 0 Å². The van der Waals surface area contributed by atoms with Gasteiger partial charge in [0.2, 0.25) is 0 Å². The molecule has 0 aliphatic rings. The maximum Gasteiger partial charge on any atom is 0.319 e. The lowest BCUT2D eigenvalue weighted by Gasteiger charge is -2.12. The number of aliphatic hydroxyl groups excluding tert-OH is 1. The Morgan fingerprint density at radius 1 is 1.23 bits per heavy atom. The number of hydrogen-bond donors (Lipinski definition) is 3. The average molecular weight is 302 g/mol. The quantitative estimate of drug-likeness (QED) is 0.575. The van der Waals surface area contributed by atoms with Gasteiger partial charge in [-0.1, -0.05) is 0 Å². The molecule has 1 aromatic carbocycles. The van der Waals surface area contributed by atoms with Gasteiger partial charge in [0.15, 0.2) is 0 Å². The number of urea groups is 1. The van der Waals surface area contributed by atoms with Gasteiger partial charge in [-0.05, 0) is 29.8 Å². The topological polar surface area (TPSA) is 117 Å². The molecule has 8 nitrogen and oxygen atoms in total. The minimum atomic E-state index is -0.955. The van der Waals surface area contributed by atoms with Gasteiger partial charge in [-0.25, -0.2) is 4.79 Å². The van der Waals surface area contributed by atoms with E-state index in [1.54, 1.807) is 24.5 Å². The molecule has 0 fully saturated rings. The molecule has 114 valence electrons. The standard InChI is InChI=1S/C14H14N4O4/c19-13(10-1-3-12(4-2-10)18(21)22)9-16-14(20)17-11-5-7-15-8-6-11/h1-8,13,19H,9H2,(H2,15,16,17,20). The first-order valence-electron chi connectivity index (χ1n) is 6.43. The van der Waals surface area contributed by atoms with Crippen LogP contribution in [0.1, 0.15) is 11.7 Å². The maximum atomic E-state index is 11.6. The Morgan fingerprint density at radius 3 is 2.45 bits per heavy atom. The number of carbonyl (C=O) groups excluding carboxylic acids is 1. The van der Waals surface area contributed by atoms with E-state index in [1.165, 1.54) is 24.3 Å². The second-order valence-electron chi connectivity index (χ2n) is 4.44. The smallest absolute Gasteiger partial charge is 0.319 e. The highest BCUT2D eigenvalue weighted by Gasteiger charge is 2.11. The van der Waals surface area contributed by atoms with E-state index in [0.717, 1.165) is 0 Å². The second-order valence-corrected chi connectivity index (χ2v) is 4.44. The molecule has 0 spiro atoms. The summed E-state index contributed by atoms with van der Waals surface area (Å²) in [6.07, 6.45) is 2.13. The molecule has 0 aliphatic heterocycles. The van der Waals surface area contributed by atoms with E-state index >= 15 is 0 Å². The summed E-state index contributed by atoms with van der Waals surface area (Å²) in [6.45, 7) is -0.0191. The Balaban J connectivity index is 1.85. The first-order chi connectivity index (χ1) is 10.6. The largest absolute Gasteiger partial charge is 0.387 e. The lowest BCUT2D eigenvalue weighted by Crippen LogP contribution is -2.32. The molecule has 0 radical (unpaired) electrons. The van der Waals surface area contributed by atoms with E-state index in [4.69, 9.17) is 0 Å². The van der Waals surface area contributed by atoms with E-state index in [2.05, 4.69) is 15.6 Å². The Labute approximate surface area is 126 Å². The van der Waals surface area contributed by atoms with Gasteiger partial charge in [0.25, 0.3) is 5.69 Å². The van der Waals surface area contributed by atoms with Crippen LogP contribution in [0.5, 0.6) is 0 Å². The Kier molecular flexibility index (Phi) is 4.99. The summed E-state index contributed by atoms with van der Waals surface area (Å²) in [7, 11) is 0. The third kappa shape index (κ3) is 4.25. The number of benzene rings is 1. The van der Waals surface area contributed by atoms with Crippen molar-refractivity contribution in [1.82, 2.24) is 10.3 Å². The van der Waals surface area contributed by atoms with E-state index in [1.807, 2.05) is 0 Å². The van der Waals surface area contributed by atoms with E-state index in [-0.39, 0.29) is 12.2 Å². The molecule has 22 heavy (non-hydrogen) atoms. The van der Waals surface area contributed by atoms with Crippen LogP contribution in [0, 0.1) is 10.1 Å². The zero-order valence-corrected chi connectivity index (χ0v) is 11.5. The summed E-state index contributed by atoms with van der Waals surface area (Å²) in [5.41, 5.74) is 1.01. The molecule has 1 heterocycles. The molecule has 0 saturated heterocycles. The Bertz CT molecular complexity index is 646. The first kappa shape index (κ1) is 15.4. The van der Waals surface area contributed by atoms with Crippen LogP contribution in [0.3, 0.4) is 0 Å². The number of anilines is 1. The number of aliphatic hydroxyl groups is 1. The summed E-state index contributed by atoms with van der Waals surface area (Å²) in [5.74, 6) is 0. The van der Waals surface area contributed by atoms with E-state index in [0.29, 0.717) is 11.3 Å². The molecular formula is C14H14N4O4. The number of pyridine rings is 1. The number of non-ortho nitro benzene ring substituents is 1. The number of nitro benzene ring substituents is 1. The monoisotopic (exact) mass is 302 g/mol. The van der Waals surface area contributed by atoms with E-state index in [9.17, 15) is 20.0 Å². The molecule has 1 aromatic heterocycles. The predicted octanol–water partition coefficient (Wildman–Crippen LogP) is 1.84. The zero-order valence-electron chi connectivity index (χ0n) is 11.5. The van der Waals surface area contributed by atoms with Crippen molar-refractivity contribution >= 4 is 17.4 Å². The van der Waals surface area contributed by atoms with Crippen LogP contribution >= 0.6 is 0 Å². The number of rotatable bonds is 5. The summed E-state index contributed by atoms with van der Waals surface area (Å²) in [4.78, 5) is 25.5. The van der Waals surface area contributed by atoms with Crippen LogP contribution in [-0.2, 0) is 0 Å². The highest BCUT2D eigenvalue weighted by molar-refractivity contribution is 5.89. The van der Waals surface area contributed by atoms with Gasteiger partial charge in [0, 0.05) is 36.8 Å². The highest BCUT2D eigenvalue weighted by atomic mass is 16.6. The molecule has 1 atom stereocenters. The summed E-state index contributed by atoms with van der Waals surface area (Å²) in [6, 6.07) is 8.30. The van der Waals surface area contributed by atoms with Crippen LogP contribution < -0.4 is 10.6 Å². The molecule has 2 aromatic rings. The lowest BCUT2D eigenvalue weighted by atomic mass is 10.1. The molecule has 0 aliphatic carbocycles. The van der Waals surface area contributed by atoms with Gasteiger partial charge in [-0.15, -0.1) is 0 Å². The lowest BCUT2D eigenvalue weighted by molar-refractivity contribution is -0.384. The van der Waals surface area contributed by atoms with Crippen LogP contribution in [0.15, 0.2) is 48.8 Å². The van der Waals surface area contributed by atoms with Gasteiger partial charge >= 0.3 is 6.03 Å². The molecular weight excluding hydrogens is 288 g/mol. The van der Waals surface area contributed by atoms with Crippen molar-refractivity contribution in [3.63, 3.8) is 0 Å². The van der Waals surface area contributed by atoms with Gasteiger partial charge in [0.1, 0.15) is 0 Å². The highest BCUT2D eigenvalue weighted by Crippen LogP contribution is 2.17. The summed E-state index contributed by atoms with van der Waals surface area (Å²) < 4.78 is 0.